The molecule has 1 fully saturated rings. The average Bonchev–Trinajstić information content (AvgIpc) is 3.00. The monoisotopic (exact) mass is 549 g/mol. The molecule has 1 aromatic heterocycles. The molecule has 1 saturated heterocycles. The molecule has 2 aliphatic rings. The van der Waals surface area contributed by atoms with Gasteiger partial charge in [0.15, 0.2) is 18.1 Å². The minimum absolute atomic E-state index is 0.0368. The molecule has 40 heavy (non-hydrogen) atoms. The molecule has 0 spiro atoms. The first-order valence-corrected chi connectivity index (χ1v) is 13.3. The number of amides is 1. The van der Waals surface area contributed by atoms with Crippen LogP contribution in [0.2, 0.25) is 0 Å². The molecule has 2 aliphatic heterocycles. The highest BCUT2D eigenvalue weighted by molar-refractivity contribution is 5.78. The minimum Gasteiger partial charge on any atom is -0.497 e. The van der Waals surface area contributed by atoms with E-state index < -0.39 is 0 Å². The fourth-order valence-corrected chi connectivity index (χ4v) is 5.16. The van der Waals surface area contributed by atoms with Crippen molar-refractivity contribution in [3.8, 4) is 23.0 Å². The lowest BCUT2D eigenvalue weighted by Crippen LogP contribution is -2.50. The minimum atomic E-state index is -0.304. The van der Waals surface area contributed by atoms with Gasteiger partial charge in [-0.05, 0) is 53.9 Å². The molecular weight excluding hydrogens is 514 g/mol. The fourth-order valence-electron chi connectivity index (χ4n) is 5.16. The predicted octanol–water partition coefficient (Wildman–Crippen LogP) is 2.95. The van der Waals surface area contributed by atoms with Gasteiger partial charge in [0.05, 0.1) is 27.9 Å². The van der Waals surface area contributed by atoms with Gasteiger partial charge in [-0.3, -0.25) is 14.5 Å². The molecule has 5 rings (SSSR count). The zero-order valence-electron chi connectivity index (χ0n) is 23.2. The fraction of sp³-hybridized carbons (Fsp3) is 0.400. The molecule has 0 radical (unpaired) electrons. The molecule has 0 atom stereocenters. The van der Waals surface area contributed by atoms with Gasteiger partial charge in [-0.2, -0.15) is 0 Å². The number of rotatable bonds is 9. The zero-order chi connectivity index (χ0) is 28.1. The van der Waals surface area contributed by atoms with E-state index in [0.717, 1.165) is 48.8 Å². The largest absolute Gasteiger partial charge is 0.497 e. The second-order valence-corrected chi connectivity index (χ2v) is 9.87. The quantitative estimate of drug-likeness (QED) is 0.399. The van der Waals surface area contributed by atoms with Crippen molar-refractivity contribution in [2.24, 2.45) is 0 Å². The summed E-state index contributed by atoms with van der Waals surface area (Å²) in [5.41, 5.74) is 3.18. The van der Waals surface area contributed by atoms with Crippen LogP contribution in [0.3, 0.4) is 0 Å². The van der Waals surface area contributed by atoms with Crippen LogP contribution >= 0.6 is 0 Å². The summed E-state index contributed by atoms with van der Waals surface area (Å²) >= 11 is 0. The molecule has 2 aromatic carbocycles. The van der Waals surface area contributed by atoms with Crippen molar-refractivity contribution in [2.45, 2.75) is 19.5 Å². The maximum atomic E-state index is 12.7. The molecule has 0 unspecified atom stereocenters. The second kappa shape index (κ2) is 12.3. The van der Waals surface area contributed by atoms with Gasteiger partial charge < -0.3 is 33.2 Å². The Labute approximate surface area is 233 Å². The summed E-state index contributed by atoms with van der Waals surface area (Å²) < 4.78 is 27.4. The van der Waals surface area contributed by atoms with E-state index in [9.17, 15) is 9.59 Å². The van der Waals surface area contributed by atoms with Gasteiger partial charge in [-0.15, -0.1) is 0 Å². The van der Waals surface area contributed by atoms with Crippen LogP contribution in [0.25, 0.3) is 0 Å². The lowest BCUT2D eigenvalue weighted by molar-refractivity contribution is -0.133. The summed E-state index contributed by atoms with van der Waals surface area (Å²) in [6.07, 6.45) is 2.16. The number of hydrogen-bond acceptors (Lipinski definition) is 9. The Morgan fingerprint density at radius 3 is 2.20 bits per heavy atom. The van der Waals surface area contributed by atoms with Crippen molar-refractivity contribution in [1.82, 2.24) is 9.80 Å². The van der Waals surface area contributed by atoms with Crippen LogP contribution in [-0.4, -0.2) is 76.4 Å². The van der Waals surface area contributed by atoms with Crippen LogP contribution in [0.4, 0.5) is 5.69 Å². The average molecular weight is 550 g/mol. The van der Waals surface area contributed by atoms with Gasteiger partial charge in [-0.1, -0.05) is 0 Å². The topological polar surface area (TPSA) is 93.9 Å². The summed E-state index contributed by atoms with van der Waals surface area (Å²) in [4.78, 5) is 31.6. The number of carbonyl (C=O) groups is 1. The molecule has 0 N–H and O–H groups in total. The van der Waals surface area contributed by atoms with Crippen LogP contribution in [-0.2, 0) is 24.3 Å². The number of carbonyl (C=O) groups excluding carboxylic acids is 1. The van der Waals surface area contributed by atoms with Crippen LogP contribution in [0, 0.1) is 0 Å². The third-order valence-electron chi connectivity index (χ3n) is 7.45. The Hall–Kier alpha value is -4.18. The molecule has 0 aliphatic carbocycles. The summed E-state index contributed by atoms with van der Waals surface area (Å²) in [5.74, 6) is 2.66. The predicted molar refractivity (Wildman–Crippen MR) is 150 cm³/mol. The number of ether oxygens (including phenoxy) is 4. The highest BCUT2D eigenvalue weighted by Gasteiger charge is 2.23. The smallest absolute Gasteiger partial charge is 0.260 e. The van der Waals surface area contributed by atoms with Crippen molar-refractivity contribution in [1.29, 1.82) is 0 Å². The third-order valence-corrected chi connectivity index (χ3v) is 7.45. The molecule has 1 amide bonds. The SMILES string of the molecule is COc1ccc(N2CCN(C(=O)COc3coc(CN4CCc5cc(OC)c(OC)cc5C4)cc3=O)CC2)cc1. The van der Waals surface area contributed by atoms with E-state index in [1.807, 2.05) is 36.4 Å². The first-order chi connectivity index (χ1) is 19.5. The van der Waals surface area contributed by atoms with Gasteiger partial charge in [0.25, 0.3) is 5.91 Å². The number of benzene rings is 2. The van der Waals surface area contributed by atoms with E-state index in [4.69, 9.17) is 23.4 Å². The third kappa shape index (κ3) is 6.17. The molecule has 0 saturated carbocycles. The Bertz CT molecular complexity index is 1380. The molecule has 10 nitrogen and oxygen atoms in total. The molecule has 0 bridgehead atoms. The van der Waals surface area contributed by atoms with E-state index in [1.54, 1.807) is 26.2 Å². The van der Waals surface area contributed by atoms with E-state index in [2.05, 4.69) is 9.80 Å². The lowest BCUT2D eigenvalue weighted by Gasteiger charge is -2.36. The standard InChI is InChI=1S/C30H35N3O7/c1-36-24-6-4-23(5-7-24)32-10-12-33(13-11-32)30(35)20-40-29-19-39-25(16-26(29)34)18-31-9-8-21-14-27(37-2)28(38-3)15-22(21)17-31/h4-7,14-16,19H,8-13,17-18,20H2,1-3H3. The number of nitrogens with zero attached hydrogens (tertiary/aromatic N) is 3. The summed E-state index contributed by atoms with van der Waals surface area (Å²) in [5, 5.41) is 0. The number of piperazine rings is 1. The van der Waals surface area contributed by atoms with Gasteiger partial charge in [0.2, 0.25) is 11.2 Å². The van der Waals surface area contributed by atoms with Gasteiger partial charge in [-0.25, -0.2) is 0 Å². The Balaban J connectivity index is 1.11. The summed E-state index contributed by atoms with van der Waals surface area (Å²) in [6, 6.07) is 13.4. The van der Waals surface area contributed by atoms with Crippen molar-refractivity contribution >= 4 is 11.6 Å². The Kier molecular flexibility index (Phi) is 8.45. The molecular formula is C30H35N3O7. The number of fused-ring (bicyclic) bond motifs is 1. The van der Waals surface area contributed by atoms with Crippen LogP contribution in [0.15, 0.2) is 57.9 Å². The van der Waals surface area contributed by atoms with E-state index >= 15 is 0 Å². The summed E-state index contributed by atoms with van der Waals surface area (Å²) in [7, 11) is 4.90. The van der Waals surface area contributed by atoms with E-state index in [-0.39, 0.29) is 23.7 Å². The van der Waals surface area contributed by atoms with Gasteiger partial charge in [0, 0.05) is 51.0 Å². The molecule has 3 aromatic rings. The van der Waals surface area contributed by atoms with Crippen molar-refractivity contribution in [3.63, 3.8) is 0 Å². The maximum absolute atomic E-state index is 12.7. The summed E-state index contributed by atoms with van der Waals surface area (Å²) in [6.45, 7) is 4.41. The van der Waals surface area contributed by atoms with E-state index in [0.29, 0.717) is 37.7 Å². The number of anilines is 1. The van der Waals surface area contributed by atoms with Crippen molar-refractivity contribution in [3.05, 3.63) is 75.8 Å². The normalized spacial score (nSPS) is 15.4. The maximum Gasteiger partial charge on any atom is 0.260 e. The van der Waals surface area contributed by atoms with Gasteiger partial charge in [0.1, 0.15) is 17.8 Å². The van der Waals surface area contributed by atoms with Crippen LogP contribution in [0.5, 0.6) is 23.0 Å². The number of methoxy groups -OCH3 is 3. The molecule has 10 heteroatoms. The lowest BCUT2D eigenvalue weighted by atomic mass is 9.98. The Morgan fingerprint density at radius 2 is 1.55 bits per heavy atom. The molecule has 3 heterocycles. The zero-order valence-corrected chi connectivity index (χ0v) is 23.2. The highest BCUT2D eigenvalue weighted by atomic mass is 16.5. The van der Waals surface area contributed by atoms with Crippen LogP contribution < -0.4 is 29.3 Å². The first-order valence-electron chi connectivity index (χ1n) is 13.3. The first kappa shape index (κ1) is 27.4. The second-order valence-electron chi connectivity index (χ2n) is 9.87. The Morgan fingerprint density at radius 1 is 0.850 bits per heavy atom. The number of hydrogen-bond donors (Lipinski definition) is 0. The van der Waals surface area contributed by atoms with Gasteiger partial charge >= 0.3 is 0 Å². The molecule has 212 valence electrons. The van der Waals surface area contributed by atoms with E-state index in [1.165, 1.54) is 17.9 Å². The van der Waals surface area contributed by atoms with Crippen LogP contribution in [0.1, 0.15) is 16.9 Å². The van der Waals surface area contributed by atoms with Crippen molar-refractivity contribution in [2.75, 3.05) is 65.6 Å². The highest BCUT2D eigenvalue weighted by Crippen LogP contribution is 2.33. The van der Waals surface area contributed by atoms with Crippen molar-refractivity contribution < 1.29 is 28.2 Å².